The van der Waals surface area contributed by atoms with E-state index in [1.54, 1.807) is 52.1 Å². The molecule has 0 aromatic heterocycles. The Hall–Kier alpha value is -5.06. The van der Waals surface area contributed by atoms with Gasteiger partial charge < -0.3 is 34.8 Å². The summed E-state index contributed by atoms with van der Waals surface area (Å²) in [4.78, 5) is 55.0. The molecule has 3 amide bonds. The number of rotatable bonds is 6. The normalized spacial score (nSPS) is 16.8. The lowest BCUT2D eigenvalue weighted by Gasteiger charge is -2.30. The van der Waals surface area contributed by atoms with E-state index >= 15 is 0 Å². The number of benzene rings is 3. The molecule has 4 rings (SSSR count). The molecule has 11 heteroatoms. The van der Waals surface area contributed by atoms with Crippen molar-refractivity contribution in [1.82, 2.24) is 10.2 Å². The van der Waals surface area contributed by atoms with Crippen molar-refractivity contribution in [3.8, 4) is 11.5 Å². The molecule has 0 bridgehead atoms. The van der Waals surface area contributed by atoms with Gasteiger partial charge in [-0.3, -0.25) is 9.59 Å². The zero-order valence-corrected chi connectivity index (χ0v) is 25.1. The molecule has 0 radical (unpaired) electrons. The van der Waals surface area contributed by atoms with Gasteiger partial charge in [-0.1, -0.05) is 12.1 Å². The molecule has 3 aromatic carbocycles. The smallest absolute Gasteiger partial charge is 0.410 e. The van der Waals surface area contributed by atoms with Crippen LogP contribution in [0.5, 0.6) is 11.5 Å². The predicted octanol–water partition coefficient (Wildman–Crippen LogP) is 4.73. The van der Waals surface area contributed by atoms with Gasteiger partial charge >= 0.3 is 12.1 Å². The Morgan fingerprint density at radius 2 is 1.55 bits per heavy atom. The Balaban J connectivity index is 1.50. The van der Waals surface area contributed by atoms with E-state index in [9.17, 15) is 29.4 Å². The summed E-state index contributed by atoms with van der Waals surface area (Å²) < 4.78 is 11.5. The minimum Gasteiger partial charge on any atom is -0.508 e. The van der Waals surface area contributed by atoms with E-state index in [4.69, 9.17) is 9.47 Å². The first-order valence-electron chi connectivity index (χ1n) is 14.3. The third-order valence-electron chi connectivity index (χ3n) is 7.07. The van der Waals surface area contributed by atoms with E-state index in [2.05, 4.69) is 5.32 Å². The van der Waals surface area contributed by atoms with E-state index < -0.39 is 41.6 Å². The average Bonchev–Trinajstić information content (AvgIpc) is 3.18. The monoisotopic (exact) mass is 603 g/mol. The zero-order valence-electron chi connectivity index (χ0n) is 25.1. The molecule has 0 unspecified atom stereocenters. The number of carbonyl (C=O) groups excluding carboxylic acids is 4. The topological polar surface area (TPSA) is 146 Å². The fourth-order valence-corrected chi connectivity index (χ4v) is 4.75. The van der Waals surface area contributed by atoms with Crippen molar-refractivity contribution < 1.29 is 38.9 Å². The lowest BCUT2D eigenvalue weighted by atomic mass is 10.1. The number of phenolic OH excluding ortho intramolecular Hbond substituents is 2. The fourth-order valence-electron chi connectivity index (χ4n) is 4.75. The van der Waals surface area contributed by atoms with E-state index in [1.165, 1.54) is 58.3 Å². The summed E-state index contributed by atoms with van der Waals surface area (Å²) in [5.41, 5.74) is 0.448. The van der Waals surface area contributed by atoms with Crippen LogP contribution in [0.4, 0.5) is 10.5 Å². The van der Waals surface area contributed by atoms with Gasteiger partial charge in [-0.25, -0.2) is 9.59 Å². The zero-order chi connectivity index (χ0) is 32.0. The van der Waals surface area contributed by atoms with Crippen molar-refractivity contribution in [2.45, 2.75) is 51.4 Å². The Morgan fingerprint density at radius 3 is 2.18 bits per heavy atom. The van der Waals surface area contributed by atoms with E-state index in [0.29, 0.717) is 30.6 Å². The Labute approximate surface area is 256 Å². The van der Waals surface area contributed by atoms with Crippen LogP contribution in [0.1, 0.15) is 64.7 Å². The molecule has 1 aliphatic rings. The number of carbonyl (C=O) groups is 4. The molecule has 1 heterocycles. The Bertz CT molecular complexity index is 1500. The number of hydrogen-bond acceptors (Lipinski definition) is 8. The van der Waals surface area contributed by atoms with Crippen molar-refractivity contribution in [3.63, 3.8) is 0 Å². The second-order valence-electron chi connectivity index (χ2n) is 11.6. The molecule has 232 valence electrons. The number of aromatic hydroxyl groups is 2. The van der Waals surface area contributed by atoms with Gasteiger partial charge in [0, 0.05) is 31.4 Å². The number of ether oxygens (including phenoxy) is 2. The third-order valence-corrected chi connectivity index (χ3v) is 7.07. The van der Waals surface area contributed by atoms with Crippen LogP contribution in [0.2, 0.25) is 0 Å². The highest BCUT2D eigenvalue weighted by Gasteiger charge is 2.35. The van der Waals surface area contributed by atoms with Crippen LogP contribution < -0.4 is 10.2 Å². The van der Waals surface area contributed by atoms with Gasteiger partial charge in [0.25, 0.3) is 11.8 Å². The van der Waals surface area contributed by atoms with Crippen molar-refractivity contribution in [3.05, 3.63) is 89.5 Å². The number of nitrogens with zero attached hydrogens (tertiary/aromatic N) is 2. The average molecular weight is 604 g/mol. The first-order valence-corrected chi connectivity index (χ1v) is 14.3. The molecule has 0 saturated carbocycles. The number of esters is 1. The van der Waals surface area contributed by atoms with Crippen LogP contribution in [0.3, 0.4) is 0 Å². The summed E-state index contributed by atoms with van der Waals surface area (Å²) >= 11 is 0. The number of phenols is 2. The Kier molecular flexibility index (Phi) is 9.77. The molecule has 1 saturated heterocycles. The minimum absolute atomic E-state index is 0.0127. The second-order valence-corrected chi connectivity index (χ2v) is 11.6. The van der Waals surface area contributed by atoms with Gasteiger partial charge in [-0.15, -0.1) is 0 Å². The molecule has 3 N–H and O–H groups in total. The SMILES string of the molecule is CN(C(=O)c1ccccc1O)c1ccc(C(=O)O[C@@H]2CCCN(C(=O)OC(C)(C)C)C[C@H]2NC(=O)c2ccc(O)cc2)cc1. The van der Waals surface area contributed by atoms with Gasteiger partial charge in [0.15, 0.2) is 0 Å². The number of nitrogens with one attached hydrogen (secondary N) is 1. The summed E-state index contributed by atoms with van der Waals surface area (Å²) in [6.45, 7) is 5.70. The number of para-hydroxylation sites is 1. The second kappa shape index (κ2) is 13.5. The van der Waals surface area contributed by atoms with Crippen molar-refractivity contribution in [1.29, 1.82) is 0 Å². The molecule has 1 aliphatic heterocycles. The number of amides is 3. The van der Waals surface area contributed by atoms with Crippen molar-refractivity contribution in [2.75, 3.05) is 25.0 Å². The van der Waals surface area contributed by atoms with Gasteiger partial charge in [-0.2, -0.15) is 0 Å². The van der Waals surface area contributed by atoms with Crippen LogP contribution in [-0.2, 0) is 9.47 Å². The molecule has 0 aliphatic carbocycles. The van der Waals surface area contributed by atoms with Crippen molar-refractivity contribution >= 4 is 29.6 Å². The standard InChI is InChI=1S/C33H37N3O8/c1-33(2,3)44-32(42)36-19-7-10-28(26(20-36)34-29(39)21-13-17-24(37)18-14-21)43-31(41)22-11-15-23(16-12-22)35(4)30(40)25-8-5-6-9-27(25)38/h5-6,8-9,11-18,26,28,37-38H,7,10,19-20H2,1-4H3,(H,34,39)/t26-,28-/m1/s1. The van der Waals surface area contributed by atoms with Gasteiger partial charge in [0.2, 0.25) is 0 Å². The molecule has 3 aromatic rings. The maximum atomic E-state index is 13.3. The molecular formula is C33H37N3O8. The summed E-state index contributed by atoms with van der Waals surface area (Å²) in [5.74, 6) is -1.63. The Morgan fingerprint density at radius 1 is 0.909 bits per heavy atom. The van der Waals surface area contributed by atoms with Gasteiger partial charge in [0.05, 0.1) is 17.2 Å². The molecule has 2 atom stereocenters. The molecule has 1 fully saturated rings. The number of hydrogen-bond donors (Lipinski definition) is 3. The lowest BCUT2D eigenvalue weighted by molar-refractivity contribution is 0.0127. The maximum absolute atomic E-state index is 13.3. The highest BCUT2D eigenvalue weighted by atomic mass is 16.6. The third kappa shape index (κ3) is 8.06. The molecular weight excluding hydrogens is 566 g/mol. The largest absolute Gasteiger partial charge is 0.508 e. The van der Waals surface area contributed by atoms with E-state index in [1.807, 2.05) is 0 Å². The number of likely N-dealkylation sites (tertiary alicyclic amines) is 1. The van der Waals surface area contributed by atoms with Crippen LogP contribution in [0.25, 0.3) is 0 Å². The molecule has 0 spiro atoms. The summed E-state index contributed by atoms with van der Waals surface area (Å²) in [6.07, 6.45) is -0.421. The summed E-state index contributed by atoms with van der Waals surface area (Å²) in [6, 6.07) is 17.4. The highest BCUT2D eigenvalue weighted by Crippen LogP contribution is 2.24. The van der Waals surface area contributed by atoms with Crippen LogP contribution in [0.15, 0.2) is 72.8 Å². The highest BCUT2D eigenvalue weighted by molar-refractivity contribution is 6.07. The van der Waals surface area contributed by atoms with E-state index in [-0.39, 0.29) is 29.2 Å². The first kappa shape index (κ1) is 31.9. The molecule has 44 heavy (non-hydrogen) atoms. The van der Waals surface area contributed by atoms with Crippen LogP contribution >= 0.6 is 0 Å². The quantitative estimate of drug-likeness (QED) is 0.343. The summed E-state index contributed by atoms with van der Waals surface area (Å²) in [5, 5.41) is 22.5. The van der Waals surface area contributed by atoms with Crippen LogP contribution in [0, 0.1) is 0 Å². The first-order chi connectivity index (χ1) is 20.8. The van der Waals surface area contributed by atoms with E-state index in [0.717, 1.165) is 0 Å². The lowest BCUT2D eigenvalue weighted by Crippen LogP contribution is -2.51. The summed E-state index contributed by atoms with van der Waals surface area (Å²) in [7, 11) is 1.56. The minimum atomic E-state index is -0.763. The van der Waals surface area contributed by atoms with Gasteiger partial charge in [-0.05, 0) is 94.3 Å². The number of anilines is 1. The van der Waals surface area contributed by atoms with Crippen LogP contribution in [-0.4, -0.2) is 76.9 Å². The predicted molar refractivity (Wildman–Crippen MR) is 163 cm³/mol. The molecule has 11 nitrogen and oxygen atoms in total. The van der Waals surface area contributed by atoms with Gasteiger partial charge in [0.1, 0.15) is 23.2 Å². The fraction of sp³-hybridized carbons (Fsp3) is 0.333. The maximum Gasteiger partial charge on any atom is 0.410 e. The van der Waals surface area contributed by atoms with Crippen molar-refractivity contribution in [2.24, 2.45) is 0 Å².